The molecule has 16 N–H and O–H groups in total. The smallest absolute Gasteiger partial charge is 0.239 e. The molecule has 0 radical (unpaired) electrons. The maximum absolute atomic E-state index is 11.7. The van der Waals surface area contributed by atoms with Gasteiger partial charge < -0.3 is 55.6 Å². The number of nitrogens with two attached hydrogens (primary N) is 7. The normalized spacial score (nSPS) is 11.5. The van der Waals surface area contributed by atoms with Gasteiger partial charge in [-0.2, -0.15) is 0 Å². The van der Waals surface area contributed by atoms with Gasteiger partial charge in [-0.3, -0.25) is 34.0 Å². The monoisotopic (exact) mass is 762 g/mol. The van der Waals surface area contributed by atoms with Crippen LogP contribution in [-0.4, -0.2) is 79.8 Å². The summed E-state index contributed by atoms with van der Waals surface area (Å²) in [6.45, 7) is 21.1. The van der Waals surface area contributed by atoms with Crippen LogP contribution in [-0.2, 0) is 28.8 Å². The molecule has 4 amide bonds. The van der Waals surface area contributed by atoms with Crippen LogP contribution in [0.2, 0.25) is 0 Å². The van der Waals surface area contributed by atoms with Gasteiger partial charge in [-0.05, 0) is 70.8 Å². The summed E-state index contributed by atoms with van der Waals surface area (Å²) < 4.78 is 0. The number of hydrogen-bond acceptors (Lipinski definition) is 9. The Balaban J connectivity index is -0.000000154. The number of unbranched alkanes of at least 4 members (excludes halogenated alkanes) is 3. The molecule has 0 rings (SSSR count). The number of hydrogen-bond donors (Lipinski definition) is 9. The van der Waals surface area contributed by atoms with Crippen molar-refractivity contribution in [2.75, 3.05) is 19.6 Å². The fourth-order valence-corrected chi connectivity index (χ4v) is 3.58. The maximum atomic E-state index is 11.7. The van der Waals surface area contributed by atoms with Crippen molar-refractivity contribution >= 4 is 48.1 Å². The van der Waals surface area contributed by atoms with Crippen molar-refractivity contribution in [2.45, 2.75) is 151 Å². The third-order valence-corrected chi connectivity index (χ3v) is 6.90. The number of nitrogens with one attached hydrogen (secondary N) is 2. The van der Waals surface area contributed by atoms with E-state index in [0.717, 1.165) is 32.1 Å². The van der Waals surface area contributed by atoms with Gasteiger partial charge in [-0.1, -0.05) is 68.2 Å². The molecule has 0 saturated carbocycles. The van der Waals surface area contributed by atoms with Gasteiger partial charge in [0.25, 0.3) is 0 Å². The second-order valence-corrected chi connectivity index (χ2v) is 11.8. The van der Waals surface area contributed by atoms with Crippen molar-refractivity contribution in [1.82, 2.24) is 10.6 Å². The van der Waals surface area contributed by atoms with E-state index >= 15 is 0 Å². The first-order valence-corrected chi connectivity index (χ1v) is 18.7. The molecule has 0 fully saturated rings. The Morgan fingerprint density at radius 3 is 1.34 bits per heavy atom. The average Bonchev–Trinajstić information content (AvgIpc) is 3.11. The van der Waals surface area contributed by atoms with Crippen molar-refractivity contribution in [3.63, 3.8) is 0 Å². The highest BCUT2D eigenvalue weighted by molar-refractivity contribution is 5.88. The average molecular weight is 762 g/mol. The third kappa shape index (κ3) is 49.9. The number of rotatable bonds is 22. The lowest BCUT2D eigenvalue weighted by Gasteiger charge is -2.21. The van der Waals surface area contributed by atoms with Crippen LogP contribution in [0.3, 0.4) is 0 Å². The maximum Gasteiger partial charge on any atom is 0.239 e. The minimum absolute atomic E-state index is 0.00297. The SMILES string of the molecule is C=O.CC.CCC.CCC(C)C(N)=O.CC[C@H](C)C(NC(=O)CCCCN=C(N)N)C(C)=O.NCCCCC(NC(=O)CCCCN=C(N)N)C(N)=O. The van der Waals surface area contributed by atoms with Crippen LogP contribution in [0.5, 0.6) is 0 Å². The number of Topliss-reactive ketones (excluding diaryl/α,β-unsaturated/α-hetero) is 1. The van der Waals surface area contributed by atoms with E-state index in [2.05, 4.69) is 34.5 Å². The first kappa shape index (κ1) is 60.8. The van der Waals surface area contributed by atoms with Crippen LogP contribution in [0.1, 0.15) is 139 Å². The Morgan fingerprint density at radius 1 is 0.642 bits per heavy atom. The standard InChI is InChI=1S/C13H26N4O2.C12H26N6O2.C5H11NO.C3H8.C2H6.CH2O/c1-4-9(2)12(10(3)18)17-11(19)7-5-6-8-16-13(14)15;13-7-3-1-5-9(11(14)20)18-10(19)6-2-4-8-17-12(15)16;1-3-4(2)5(6)7;1-3-2;2*1-2/h9,12H,4-8H2,1-3H3,(H,17,19)(H4,14,15,16);9H,1-8,13H2,(H2,14,20)(H,18,19)(H4,15,16,17);4H,3H2,1-2H3,(H2,6,7);3H2,1-2H3;1-2H3;1H2/t9-,12?;;;;;/m0...../s1. The Hall–Kier alpha value is -4.28. The lowest BCUT2D eigenvalue weighted by molar-refractivity contribution is -0.128. The number of amides is 4. The van der Waals surface area contributed by atoms with Crippen molar-refractivity contribution < 1.29 is 28.8 Å². The quantitative estimate of drug-likeness (QED) is 0.0435. The molecule has 0 aliphatic heterocycles. The summed E-state index contributed by atoms with van der Waals surface area (Å²) in [7, 11) is 0. The third-order valence-electron chi connectivity index (χ3n) is 6.90. The zero-order valence-electron chi connectivity index (χ0n) is 34.5. The first-order chi connectivity index (χ1) is 24.9. The molecule has 0 aromatic rings. The van der Waals surface area contributed by atoms with Crippen molar-refractivity contribution in [3.8, 4) is 0 Å². The van der Waals surface area contributed by atoms with E-state index in [1.54, 1.807) is 0 Å². The molecule has 17 heteroatoms. The minimum atomic E-state index is -0.619. The van der Waals surface area contributed by atoms with E-state index in [1.807, 2.05) is 48.3 Å². The highest BCUT2D eigenvalue weighted by atomic mass is 16.2. The van der Waals surface area contributed by atoms with Gasteiger partial charge in [-0.25, -0.2) is 0 Å². The van der Waals surface area contributed by atoms with Gasteiger partial charge in [0.15, 0.2) is 17.7 Å². The van der Waals surface area contributed by atoms with Crippen LogP contribution in [0.15, 0.2) is 9.98 Å². The van der Waals surface area contributed by atoms with Gasteiger partial charge in [0.1, 0.15) is 12.8 Å². The van der Waals surface area contributed by atoms with E-state index in [4.69, 9.17) is 44.9 Å². The fourth-order valence-electron chi connectivity index (χ4n) is 3.58. The lowest BCUT2D eigenvalue weighted by Crippen LogP contribution is -2.44. The number of aliphatic imine (C=N–C) groups is 2. The Labute approximate surface area is 320 Å². The largest absolute Gasteiger partial charge is 0.370 e. The van der Waals surface area contributed by atoms with Gasteiger partial charge >= 0.3 is 0 Å². The minimum Gasteiger partial charge on any atom is -0.370 e. The molecule has 0 aromatic heterocycles. The molecule has 53 heavy (non-hydrogen) atoms. The highest BCUT2D eigenvalue weighted by Crippen LogP contribution is 2.09. The Morgan fingerprint density at radius 2 is 1.06 bits per heavy atom. The second kappa shape index (κ2) is 45.7. The molecule has 314 valence electrons. The summed E-state index contributed by atoms with van der Waals surface area (Å²) in [6, 6.07) is -0.998. The van der Waals surface area contributed by atoms with E-state index in [1.165, 1.54) is 13.3 Å². The zero-order chi connectivity index (χ0) is 42.8. The molecule has 0 spiro atoms. The fraction of sp³-hybridized carbons (Fsp3) is 0.778. The molecular formula is C36H79N11O6. The zero-order valence-corrected chi connectivity index (χ0v) is 34.5. The van der Waals surface area contributed by atoms with Crippen molar-refractivity contribution in [2.24, 2.45) is 62.0 Å². The highest BCUT2D eigenvalue weighted by Gasteiger charge is 2.22. The number of guanidine groups is 2. The Bertz CT molecular complexity index is 974. The summed E-state index contributed by atoms with van der Waals surface area (Å²) in [4.78, 5) is 71.9. The summed E-state index contributed by atoms with van der Waals surface area (Å²) in [5, 5.41) is 5.43. The summed E-state index contributed by atoms with van der Waals surface area (Å²) in [5.41, 5.74) is 36.3. The van der Waals surface area contributed by atoms with Crippen molar-refractivity contribution in [1.29, 1.82) is 0 Å². The topological polar surface area (TPSA) is 333 Å². The molecule has 0 saturated heterocycles. The molecule has 0 bridgehead atoms. The van der Waals surface area contributed by atoms with Crippen LogP contribution in [0.4, 0.5) is 0 Å². The van der Waals surface area contributed by atoms with Crippen LogP contribution < -0.4 is 50.8 Å². The molecule has 4 atom stereocenters. The molecule has 0 aliphatic carbocycles. The summed E-state index contributed by atoms with van der Waals surface area (Å²) >= 11 is 0. The molecule has 0 aliphatic rings. The number of carbonyl (C=O) groups is 6. The molecule has 0 aromatic carbocycles. The molecular weight excluding hydrogens is 682 g/mol. The number of carbonyl (C=O) groups excluding carboxylic acids is 6. The van der Waals surface area contributed by atoms with Gasteiger partial charge in [0, 0.05) is 31.8 Å². The van der Waals surface area contributed by atoms with Crippen LogP contribution >= 0.6 is 0 Å². The Kier molecular flexibility index (Phi) is 52.5. The van der Waals surface area contributed by atoms with Gasteiger partial charge in [0.2, 0.25) is 23.6 Å². The predicted octanol–water partition coefficient (Wildman–Crippen LogP) is 1.85. The first-order valence-electron chi connectivity index (χ1n) is 18.7. The van der Waals surface area contributed by atoms with Gasteiger partial charge in [-0.15, -0.1) is 0 Å². The van der Waals surface area contributed by atoms with E-state index in [-0.39, 0.29) is 53.3 Å². The number of ketones is 1. The van der Waals surface area contributed by atoms with Gasteiger partial charge in [0.05, 0.1) is 6.04 Å². The van der Waals surface area contributed by atoms with E-state index in [9.17, 15) is 24.0 Å². The predicted molar refractivity (Wildman–Crippen MR) is 218 cm³/mol. The lowest BCUT2D eigenvalue weighted by atomic mass is 9.96. The summed E-state index contributed by atoms with van der Waals surface area (Å²) in [6.07, 6.45) is 8.55. The molecule has 3 unspecified atom stereocenters. The summed E-state index contributed by atoms with van der Waals surface area (Å²) in [5.74, 6) is -0.692. The van der Waals surface area contributed by atoms with Crippen LogP contribution in [0, 0.1) is 11.8 Å². The van der Waals surface area contributed by atoms with Crippen molar-refractivity contribution in [3.05, 3.63) is 0 Å². The second-order valence-electron chi connectivity index (χ2n) is 11.8. The number of primary amides is 2. The van der Waals surface area contributed by atoms with E-state index in [0.29, 0.717) is 58.2 Å². The van der Waals surface area contributed by atoms with Crippen LogP contribution in [0.25, 0.3) is 0 Å². The number of nitrogens with zero attached hydrogens (tertiary/aromatic N) is 2. The van der Waals surface area contributed by atoms with E-state index < -0.39 is 11.9 Å². The molecule has 17 nitrogen and oxygen atoms in total. The molecule has 0 heterocycles.